The lowest BCUT2D eigenvalue weighted by Gasteiger charge is -2.52. The number of carbonyl (C=O) groups excluding carboxylic acids is 2. The van der Waals surface area contributed by atoms with Gasteiger partial charge in [0.25, 0.3) is 0 Å². The number of nitrogens with one attached hydrogen (secondary N) is 4. The van der Waals surface area contributed by atoms with Crippen LogP contribution in [0.4, 0.5) is 21.0 Å². The van der Waals surface area contributed by atoms with Crippen molar-refractivity contribution < 1.29 is 9.59 Å². The summed E-state index contributed by atoms with van der Waals surface area (Å²) in [5.74, 6) is 0.293. The summed E-state index contributed by atoms with van der Waals surface area (Å²) < 4.78 is 0. The van der Waals surface area contributed by atoms with Crippen molar-refractivity contribution >= 4 is 23.4 Å². The first-order valence-corrected chi connectivity index (χ1v) is 10.8. The lowest BCUT2D eigenvalue weighted by atomic mass is 9.58. The van der Waals surface area contributed by atoms with Gasteiger partial charge in [0.05, 0.1) is 0 Å². The minimum absolute atomic E-state index is 0.0605. The highest BCUT2D eigenvalue weighted by Gasteiger charge is 2.48. The third kappa shape index (κ3) is 5.01. The Kier molecular flexibility index (Phi) is 6.58. The SMILES string of the molecule is Cc1cccc(C)c1NC(=O)NCC1CC(NC(=O)Nc2c(C)cccc2C)C1(C)C. The molecule has 1 aliphatic rings. The maximum atomic E-state index is 12.5. The highest BCUT2D eigenvalue weighted by atomic mass is 16.2. The van der Waals surface area contributed by atoms with E-state index in [1.807, 2.05) is 64.1 Å². The molecule has 0 aliphatic heterocycles. The van der Waals surface area contributed by atoms with Crippen LogP contribution in [0.1, 0.15) is 42.5 Å². The predicted molar refractivity (Wildman–Crippen MR) is 127 cm³/mol. The van der Waals surface area contributed by atoms with Gasteiger partial charge < -0.3 is 21.3 Å². The van der Waals surface area contributed by atoms with Crippen LogP contribution in [0, 0.1) is 39.0 Å². The fourth-order valence-electron chi connectivity index (χ4n) is 4.31. The van der Waals surface area contributed by atoms with Crippen LogP contribution in [0.25, 0.3) is 0 Å². The summed E-state index contributed by atoms with van der Waals surface area (Å²) in [5.41, 5.74) is 5.77. The minimum Gasteiger partial charge on any atom is -0.338 e. The van der Waals surface area contributed by atoms with Crippen molar-refractivity contribution in [1.29, 1.82) is 0 Å². The van der Waals surface area contributed by atoms with Crippen molar-refractivity contribution in [3.63, 3.8) is 0 Å². The van der Waals surface area contributed by atoms with E-state index in [4.69, 9.17) is 0 Å². The number of benzene rings is 2. The summed E-state index contributed by atoms with van der Waals surface area (Å²) in [7, 11) is 0. The Bertz CT molecular complexity index is 943. The average molecular weight is 423 g/mol. The van der Waals surface area contributed by atoms with Gasteiger partial charge in [-0.2, -0.15) is 0 Å². The molecule has 2 atom stereocenters. The molecule has 6 heteroatoms. The molecule has 4 amide bonds. The van der Waals surface area contributed by atoms with Crippen molar-refractivity contribution in [1.82, 2.24) is 10.6 Å². The van der Waals surface area contributed by atoms with Crippen LogP contribution < -0.4 is 21.3 Å². The Labute approximate surface area is 185 Å². The third-order valence-electron chi connectivity index (χ3n) is 6.72. The summed E-state index contributed by atoms with van der Waals surface area (Å²) in [5, 5.41) is 12.0. The van der Waals surface area contributed by atoms with Gasteiger partial charge in [-0.05, 0) is 67.7 Å². The number of rotatable bonds is 5. The second-order valence-corrected chi connectivity index (χ2v) is 9.27. The zero-order valence-electron chi connectivity index (χ0n) is 19.3. The van der Waals surface area contributed by atoms with Crippen molar-refractivity contribution in [2.75, 3.05) is 17.2 Å². The van der Waals surface area contributed by atoms with Crippen LogP contribution in [0.5, 0.6) is 0 Å². The molecule has 31 heavy (non-hydrogen) atoms. The molecule has 1 aliphatic carbocycles. The second-order valence-electron chi connectivity index (χ2n) is 9.27. The first-order valence-electron chi connectivity index (χ1n) is 10.8. The normalized spacial score (nSPS) is 19.2. The molecule has 2 unspecified atom stereocenters. The minimum atomic E-state index is -0.197. The zero-order chi connectivity index (χ0) is 22.8. The maximum Gasteiger partial charge on any atom is 0.319 e. The molecule has 0 aromatic heterocycles. The van der Waals surface area contributed by atoms with Gasteiger partial charge in [0.1, 0.15) is 0 Å². The molecule has 6 nitrogen and oxygen atoms in total. The fraction of sp³-hybridized carbons (Fsp3) is 0.440. The first kappa shape index (κ1) is 22.7. The summed E-state index contributed by atoms with van der Waals surface area (Å²) in [6, 6.07) is 11.6. The zero-order valence-corrected chi connectivity index (χ0v) is 19.3. The quantitative estimate of drug-likeness (QED) is 0.529. The molecule has 166 valence electrons. The fourth-order valence-corrected chi connectivity index (χ4v) is 4.31. The van der Waals surface area contributed by atoms with E-state index in [-0.39, 0.29) is 23.5 Å². The number of anilines is 2. The molecule has 0 spiro atoms. The Morgan fingerprint density at radius 1 is 0.839 bits per heavy atom. The Morgan fingerprint density at radius 3 is 1.74 bits per heavy atom. The number of hydrogen-bond acceptors (Lipinski definition) is 2. The van der Waals surface area contributed by atoms with Crippen molar-refractivity contribution in [3.05, 3.63) is 58.7 Å². The third-order valence-corrected chi connectivity index (χ3v) is 6.72. The maximum absolute atomic E-state index is 12.5. The van der Waals surface area contributed by atoms with Gasteiger partial charge in [0.2, 0.25) is 0 Å². The monoisotopic (exact) mass is 422 g/mol. The molecule has 0 saturated heterocycles. The van der Waals surface area contributed by atoms with Crippen LogP contribution in [0.15, 0.2) is 36.4 Å². The molecule has 0 radical (unpaired) electrons. The van der Waals surface area contributed by atoms with E-state index < -0.39 is 0 Å². The van der Waals surface area contributed by atoms with E-state index in [0.717, 1.165) is 40.0 Å². The second kappa shape index (κ2) is 9.00. The summed E-state index contributed by atoms with van der Waals surface area (Å²) in [6.45, 7) is 12.8. The highest BCUT2D eigenvalue weighted by molar-refractivity contribution is 5.92. The van der Waals surface area contributed by atoms with Gasteiger partial charge in [0, 0.05) is 24.0 Å². The Hall–Kier alpha value is -3.02. The first-order chi connectivity index (χ1) is 14.6. The number of carbonyl (C=O) groups is 2. The van der Waals surface area contributed by atoms with Gasteiger partial charge in [-0.3, -0.25) is 0 Å². The van der Waals surface area contributed by atoms with Crippen molar-refractivity contribution in [2.45, 2.75) is 54.0 Å². The molecule has 0 heterocycles. The summed E-state index contributed by atoms with van der Waals surface area (Å²) >= 11 is 0. The van der Waals surface area contributed by atoms with E-state index in [0.29, 0.717) is 12.5 Å². The van der Waals surface area contributed by atoms with E-state index in [1.165, 1.54) is 0 Å². The molecule has 4 N–H and O–H groups in total. The molecule has 2 aromatic carbocycles. The van der Waals surface area contributed by atoms with E-state index in [9.17, 15) is 9.59 Å². The molecule has 3 rings (SSSR count). The van der Waals surface area contributed by atoms with Gasteiger partial charge in [-0.15, -0.1) is 0 Å². The van der Waals surface area contributed by atoms with Crippen LogP contribution in [0.3, 0.4) is 0 Å². The molecule has 2 aromatic rings. The van der Waals surface area contributed by atoms with Gasteiger partial charge in [-0.25, -0.2) is 9.59 Å². The molecule has 1 saturated carbocycles. The molecule has 0 bridgehead atoms. The topological polar surface area (TPSA) is 82.3 Å². The van der Waals surface area contributed by atoms with Crippen molar-refractivity contribution in [2.24, 2.45) is 11.3 Å². The smallest absolute Gasteiger partial charge is 0.319 e. The number of hydrogen-bond donors (Lipinski definition) is 4. The highest BCUT2D eigenvalue weighted by Crippen LogP contribution is 2.45. The number of para-hydroxylation sites is 2. The predicted octanol–water partition coefficient (Wildman–Crippen LogP) is 5.28. The Morgan fingerprint density at radius 2 is 1.29 bits per heavy atom. The standard InChI is InChI=1S/C25H34N4O2/c1-15-9-7-10-16(2)21(15)28-23(30)26-14-19-13-20(25(19,5)6)27-24(31)29-22-17(3)11-8-12-18(22)4/h7-12,19-20H,13-14H2,1-6H3,(H2,26,28,30)(H2,27,29,31). The van der Waals surface area contributed by atoms with Crippen LogP contribution in [-0.4, -0.2) is 24.6 Å². The number of urea groups is 2. The van der Waals surface area contributed by atoms with Crippen molar-refractivity contribution in [3.8, 4) is 0 Å². The number of amides is 4. The van der Waals surface area contributed by atoms with E-state index in [1.54, 1.807) is 0 Å². The summed E-state index contributed by atoms with van der Waals surface area (Å²) in [4.78, 5) is 24.9. The van der Waals surface area contributed by atoms with Gasteiger partial charge in [0.15, 0.2) is 0 Å². The lowest BCUT2D eigenvalue weighted by molar-refractivity contribution is 0.0244. The molecular formula is C25H34N4O2. The lowest BCUT2D eigenvalue weighted by Crippen LogP contribution is -2.61. The number of aryl methyl sites for hydroxylation is 4. The van der Waals surface area contributed by atoms with Crippen LogP contribution in [-0.2, 0) is 0 Å². The van der Waals surface area contributed by atoms with Gasteiger partial charge in [-0.1, -0.05) is 50.2 Å². The molecular weight excluding hydrogens is 388 g/mol. The van der Waals surface area contributed by atoms with Crippen LogP contribution in [0.2, 0.25) is 0 Å². The summed E-state index contributed by atoms with van der Waals surface area (Å²) in [6.07, 6.45) is 0.830. The van der Waals surface area contributed by atoms with Gasteiger partial charge >= 0.3 is 12.1 Å². The largest absolute Gasteiger partial charge is 0.338 e. The average Bonchev–Trinajstić information content (AvgIpc) is 2.70. The van der Waals surface area contributed by atoms with E-state index in [2.05, 4.69) is 35.1 Å². The van der Waals surface area contributed by atoms with Crippen LogP contribution >= 0.6 is 0 Å². The molecule has 1 fully saturated rings. The van der Waals surface area contributed by atoms with E-state index >= 15 is 0 Å². The Balaban J connectivity index is 1.49.